The summed E-state index contributed by atoms with van der Waals surface area (Å²) < 4.78 is 15.4. The largest absolute Gasteiger partial charge is 0.504 e. The maximum absolute atomic E-state index is 12.6. The Morgan fingerprint density at radius 3 is 2.59 bits per heavy atom. The number of hydrogen-bond donors (Lipinski definition) is 3. The Labute approximate surface area is 200 Å². The van der Waals surface area contributed by atoms with Crippen LogP contribution in [0.4, 0.5) is 11.4 Å². The minimum absolute atomic E-state index is 0.0119. The summed E-state index contributed by atoms with van der Waals surface area (Å²) in [6.45, 7) is 1.09. The van der Waals surface area contributed by atoms with E-state index < -0.39 is 12.0 Å². The first-order valence-electron chi connectivity index (χ1n) is 10.6. The minimum atomic E-state index is -0.539. The van der Waals surface area contributed by atoms with Crippen LogP contribution in [0.5, 0.6) is 5.88 Å². The molecule has 0 radical (unpaired) electrons. The monoisotopic (exact) mass is 483 g/mol. The first-order valence-corrected chi connectivity index (χ1v) is 10.9. The fourth-order valence-corrected chi connectivity index (χ4v) is 4.56. The topological polar surface area (TPSA) is 117 Å². The quantitative estimate of drug-likeness (QED) is 0.372. The Balaban J connectivity index is 1.49. The number of methoxy groups -OCH3 is 2. The lowest BCUT2D eigenvalue weighted by Crippen LogP contribution is -2.25. The molecule has 5 rings (SSSR count). The van der Waals surface area contributed by atoms with E-state index in [-0.39, 0.29) is 29.1 Å². The number of nitrogens with one attached hydrogen (secondary N) is 1. The number of β-amino-alcohol motifs (C(OH)–C–C–N with tert-alkyl or cyclic N) is 1. The molecule has 1 amide bonds. The lowest BCUT2D eigenvalue weighted by atomic mass is 9.98. The van der Waals surface area contributed by atoms with Crippen LogP contribution >= 0.6 is 11.6 Å². The molecule has 0 spiro atoms. The van der Waals surface area contributed by atoms with Gasteiger partial charge in [-0.25, -0.2) is 0 Å². The Morgan fingerprint density at radius 2 is 1.94 bits per heavy atom. The summed E-state index contributed by atoms with van der Waals surface area (Å²) >= 11 is 6.55. The van der Waals surface area contributed by atoms with Crippen LogP contribution in [0, 0.1) is 0 Å². The summed E-state index contributed by atoms with van der Waals surface area (Å²) in [6, 6.07) is 12.5. The fourth-order valence-electron chi connectivity index (χ4n) is 4.29. The van der Waals surface area contributed by atoms with Crippen molar-refractivity contribution in [3.8, 4) is 17.0 Å². The van der Waals surface area contributed by atoms with E-state index in [9.17, 15) is 15.0 Å². The molecule has 9 nitrogen and oxygen atoms in total. The maximum Gasteiger partial charge on any atom is 0.260 e. The second-order valence-electron chi connectivity index (χ2n) is 8.08. The second kappa shape index (κ2) is 8.68. The van der Waals surface area contributed by atoms with Crippen LogP contribution in [0.25, 0.3) is 22.5 Å². The van der Waals surface area contributed by atoms with Gasteiger partial charge in [0.25, 0.3) is 11.8 Å². The standard InChI is InChI=1S/C24H22ClN3O6/c1-32-20-11-28(10-18(20)29)13-5-3-12(4-6-13)14-7-15-17(8-16(14)25)26-24(31)22(15)23(30)19-9-21(33-2)27-34-19/h3-9,18,20,29-30H,10-11H2,1-2H3,(H,26,31)/b23-22+/t18-,20-/m0/s1. The molecule has 3 heterocycles. The van der Waals surface area contributed by atoms with Gasteiger partial charge < -0.3 is 34.4 Å². The molecule has 0 bridgehead atoms. The molecule has 0 saturated carbocycles. The van der Waals surface area contributed by atoms with E-state index in [1.165, 1.54) is 13.2 Å². The number of aromatic nitrogens is 1. The number of carbonyl (C=O) groups excluding carboxylic acids is 1. The third kappa shape index (κ3) is 3.77. The van der Waals surface area contributed by atoms with Crippen LogP contribution in [-0.4, -0.2) is 60.8 Å². The van der Waals surface area contributed by atoms with Crippen molar-refractivity contribution in [2.75, 3.05) is 37.5 Å². The minimum Gasteiger partial charge on any atom is -0.504 e. The number of carbonyl (C=O) groups is 1. The molecular formula is C24H22ClN3O6. The van der Waals surface area contributed by atoms with Crippen molar-refractivity contribution in [3.05, 3.63) is 58.8 Å². The summed E-state index contributed by atoms with van der Waals surface area (Å²) in [5, 5.41) is 27.7. The van der Waals surface area contributed by atoms with Gasteiger partial charge in [0, 0.05) is 37.0 Å². The molecule has 34 heavy (non-hydrogen) atoms. The molecule has 3 aromatic rings. The van der Waals surface area contributed by atoms with Gasteiger partial charge in [-0.3, -0.25) is 4.79 Å². The number of halogens is 1. The smallest absolute Gasteiger partial charge is 0.260 e. The number of aliphatic hydroxyl groups excluding tert-OH is 2. The van der Waals surface area contributed by atoms with Crippen molar-refractivity contribution < 1.29 is 29.0 Å². The Morgan fingerprint density at radius 1 is 1.18 bits per heavy atom. The van der Waals surface area contributed by atoms with E-state index in [0.717, 1.165) is 11.3 Å². The molecule has 10 heteroatoms. The summed E-state index contributed by atoms with van der Waals surface area (Å²) in [6.07, 6.45) is -0.763. The molecule has 1 saturated heterocycles. The van der Waals surface area contributed by atoms with Gasteiger partial charge in [-0.1, -0.05) is 23.7 Å². The third-order valence-electron chi connectivity index (χ3n) is 6.10. The Kier molecular flexibility index (Phi) is 5.68. The zero-order chi connectivity index (χ0) is 24.0. The average Bonchev–Trinajstić information content (AvgIpc) is 3.54. The second-order valence-corrected chi connectivity index (χ2v) is 8.49. The van der Waals surface area contributed by atoms with Gasteiger partial charge in [-0.2, -0.15) is 0 Å². The number of rotatable bonds is 5. The van der Waals surface area contributed by atoms with E-state index in [4.69, 9.17) is 25.6 Å². The lowest BCUT2D eigenvalue weighted by Gasteiger charge is -2.18. The summed E-state index contributed by atoms with van der Waals surface area (Å²) in [4.78, 5) is 14.7. The van der Waals surface area contributed by atoms with E-state index in [0.29, 0.717) is 34.9 Å². The van der Waals surface area contributed by atoms with Crippen molar-refractivity contribution in [1.82, 2.24) is 5.16 Å². The molecule has 2 atom stereocenters. The zero-order valence-corrected chi connectivity index (χ0v) is 19.2. The van der Waals surface area contributed by atoms with Crippen molar-refractivity contribution in [3.63, 3.8) is 0 Å². The number of hydrogen-bond acceptors (Lipinski definition) is 8. The third-order valence-corrected chi connectivity index (χ3v) is 6.42. The predicted molar refractivity (Wildman–Crippen MR) is 127 cm³/mol. The van der Waals surface area contributed by atoms with Crippen LogP contribution in [0.2, 0.25) is 5.02 Å². The van der Waals surface area contributed by atoms with Gasteiger partial charge in [-0.15, -0.1) is 0 Å². The van der Waals surface area contributed by atoms with Gasteiger partial charge in [0.2, 0.25) is 5.76 Å². The van der Waals surface area contributed by atoms with Gasteiger partial charge in [-0.05, 0) is 35.0 Å². The summed E-state index contributed by atoms with van der Waals surface area (Å²) in [5.74, 6) is -0.638. The zero-order valence-electron chi connectivity index (χ0n) is 18.4. The molecule has 1 aromatic heterocycles. The highest BCUT2D eigenvalue weighted by Gasteiger charge is 2.32. The van der Waals surface area contributed by atoms with E-state index in [1.54, 1.807) is 19.2 Å². The van der Waals surface area contributed by atoms with Crippen molar-refractivity contribution in [1.29, 1.82) is 0 Å². The lowest BCUT2D eigenvalue weighted by molar-refractivity contribution is -0.110. The average molecular weight is 484 g/mol. The van der Waals surface area contributed by atoms with Gasteiger partial charge in [0.1, 0.15) is 6.10 Å². The van der Waals surface area contributed by atoms with Gasteiger partial charge >= 0.3 is 0 Å². The molecular weight excluding hydrogens is 462 g/mol. The highest BCUT2D eigenvalue weighted by molar-refractivity contribution is 6.38. The SMILES string of the molecule is COc1cc(/C(O)=C2\C(=O)Nc3cc(Cl)c(-c4ccc(N5C[C@H](OC)[C@@H](O)C5)cc4)cc32)on1. The number of amides is 1. The van der Waals surface area contributed by atoms with Crippen molar-refractivity contribution >= 4 is 40.2 Å². The van der Waals surface area contributed by atoms with Gasteiger partial charge in [0.15, 0.2) is 5.76 Å². The number of anilines is 2. The first-order chi connectivity index (χ1) is 16.4. The summed E-state index contributed by atoms with van der Waals surface area (Å²) in [5.41, 5.74) is 3.51. The van der Waals surface area contributed by atoms with Gasteiger partial charge in [0.05, 0.1) is 35.6 Å². The van der Waals surface area contributed by atoms with Crippen LogP contribution in [0.3, 0.4) is 0 Å². The molecule has 176 valence electrons. The number of fused-ring (bicyclic) bond motifs is 1. The molecule has 2 aromatic carbocycles. The number of benzene rings is 2. The van der Waals surface area contributed by atoms with Crippen LogP contribution in [0.15, 0.2) is 47.0 Å². The molecule has 0 unspecified atom stereocenters. The van der Waals surface area contributed by atoms with E-state index >= 15 is 0 Å². The molecule has 1 fully saturated rings. The number of nitrogens with zero attached hydrogens (tertiary/aromatic N) is 2. The summed E-state index contributed by atoms with van der Waals surface area (Å²) in [7, 11) is 3.01. The normalized spacial score (nSPS) is 20.9. The Hall–Kier alpha value is -3.53. The van der Waals surface area contributed by atoms with E-state index in [2.05, 4.69) is 15.4 Å². The van der Waals surface area contributed by atoms with E-state index in [1.807, 2.05) is 24.3 Å². The van der Waals surface area contributed by atoms with Crippen molar-refractivity contribution in [2.45, 2.75) is 12.2 Å². The molecule has 2 aliphatic heterocycles. The molecule has 2 aliphatic rings. The predicted octanol–water partition coefficient (Wildman–Crippen LogP) is 3.58. The number of aliphatic hydroxyl groups is 2. The van der Waals surface area contributed by atoms with Crippen molar-refractivity contribution in [2.24, 2.45) is 0 Å². The maximum atomic E-state index is 12.6. The first kappa shape index (κ1) is 22.3. The molecule has 0 aliphatic carbocycles. The van der Waals surface area contributed by atoms with Crippen LogP contribution < -0.4 is 15.0 Å². The van der Waals surface area contributed by atoms with Crippen LogP contribution in [0.1, 0.15) is 11.3 Å². The molecule has 3 N–H and O–H groups in total. The fraction of sp³-hybridized carbons (Fsp3) is 0.250. The highest BCUT2D eigenvalue weighted by atomic mass is 35.5. The number of ether oxygens (including phenoxy) is 2. The highest BCUT2D eigenvalue weighted by Crippen LogP contribution is 2.42. The Bertz CT molecular complexity index is 1290. The van der Waals surface area contributed by atoms with Crippen LogP contribution in [-0.2, 0) is 9.53 Å².